The van der Waals surface area contributed by atoms with Crippen LogP contribution in [0.5, 0.6) is 0 Å². The van der Waals surface area contributed by atoms with Crippen molar-refractivity contribution in [3.8, 4) is 0 Å². The summed E-state index contributed by atoms with van der Waals surface area (Å²) in [5.41, 5.74) is 1.01. The molecule has 0 bridgehead atoms. The van der Waals surface area contributed by atoms with Gasteiger partial charge in [0.05, 0.1) is 29.7 Å². The highest BCUT2D eigenvalue weighted by atomic mass is 31.2. The third kappa shape index (κ3) is 3.63. The van der Waals surface area contributed by atoms with Gasteiger partial charge in [0.25, 0.3) is 0 Å². The molecule has 1 aliphatic rings. The third-order valence-corrected chi connectivity index (χ3v) is 6.79. The average molecular weight is 354 g/mol. The lowest BCUT2D eigenvalue weighted by atomic mass is 9.76. The predicted molar refractivity (Wildman–Crippen MR) is 97.4 cm³/mol. The maximum atomic E-state index is 13.0. The average Bonchev–Trinajstić information content (AvgIpc) is 2.68. The number of hydrogen-bond acceptors (Lipinski definition) is 5. The standard InChI is InChI=1S/C17H28BO5P/c1-8-20-24(19,21-9-2)14-11-10-13(3)15(12-14)18-22-16(4,5)17(6,7)23-18/h10-12H,8-9H2,1-7H3. The lowest BCUT2D eigenvalue weighted by molar-refractivity contribution is 0.00578. The lowest BCUT2D eigenvalue weighted by Crippen LogP contribution is -2.41. The van der Waals surface area contributed by atoms with E-state index in [0.29, 0.717) is 18.5 Å². The van der Waals surface area contributed by atoms with Crippen molar-refractivity contribution < 1.29 is 22.9 Å². The maximum absolute atomic E-state index is 13.0. The highest BCUT2D eigenvalue weighted by Crippen LogP contribution is 2.46. The van der Waals surface area contributed by atoms with Crippen LogP contribution in [0.1, 0.15) is 47.1 Å². The van der Waals surface area contributed by atoms with Crippen LogP contribution in [0, 0.1) is 6.92 Å². The van der Waals surface area contributed by atoms with E-state index in [-0.39, 0.29) is 0 Å². The van der Waals surface area contributed by atoms with Crippen LogP contribution in [-0.2, 0) is 22.9 Å². The van der Waals surface area contributed by atoms with Crippen molar-refractivity contribution in [1.82, 2.24) is 0 Å². The zero-order valence-electron chi connectivity index (χ0n) is 15.7. The molecule has 0 amide bonds. The number of aryl methyl sites for hydroxylation is 1. The molecule has 2 rings (SSSR count). The van der Waals surface area contributed by atoms with E-state index in [0.717, 1.165) is 11.0 Å². The lowest BCUT2D eigenvalue weighted by Gasteiger charge is -2.32. The predicted octanol–water partition coefficient (Wildman–Crippen LogP) is 3.19. The van der Waals surface area contributed by atoms with Crippen molar-refractivity contribution in [3.05, 3.63) is 23.8 Å². The normalized spacial score (nSPS) is 19.7. The van der Waals surface area contributed by atoms with E-state index < -0.39 is 25.9 Å². The van der Waals surface area contributed by atoms with Gasteiger partial charge in [-0.3, -0.25) is 4.57 Å². The van der Waals surface area contributed by atoms with Gasteiger partial charge in [0.1, 0.15) is 0 Å². The minimum absolute atomic E-state index is 0.316. The summed E-state index contributed by atoms with van der Waals surface area (Å²) in [5, 5.41) is 0.529. The minimum Gasteiger partial charge on any atom is -0.399 e. The van der Waals surface area contributed by atoms with Gasteiger partial charge in [-0.2, -0.15) is 0 Å². The molecule has 1 aliphatic heterocycles. The topological polar surface area (TPSA) is 54.0 Å². The molecule has 0 saturated carbocycles. The van der Waals surface area contributed by atoms with E-state index in [1.807, 2.05) is 46.8 Å². The third-order valence-electron chi connectivity index (χ3n) is 4.68. The Morgan fingerprint density at radius 2 is 1.54 bits per heavy atom. The summed E-state index contributed by atoms with van der Waals surface area (Å²) < 4.78 is 36.2. The van der Waals surface area contributed by atoms with Crippen LogP contribution in [0.4, 0.5) is 0 Å². The largest absolute Gasteiger partial charge is 0.495 e. The molecule has 5 nitrogen and oxygen atoms in total. The summed E-state index contributed by atoms with van der Waals surface area (Å²) in [6, 6.07) is 5.51. The van der Waals surface area contributed by atoms with Gasteiger partial charge in [-0.25, -0.2) is 0 Å². The van der Waals surface area contributed by atoms with Crippen molar-refractivity contribution in [2.45, 2.75) is 59.7 Å². The Morgan fingerprint density at radius 1 is 1.04 bits per heavy atom. The van der Waals surface area contributed by atoms with E-state index >= 15 is 0 Å². The van der Waals surface area contributed by atoms with Crippen molar-refractivity contribution >= 4 is 25.5 Å². The molecule has 0 radical (unpaired) electrons. The minimum atomic E-state index is -3.33. The van der Waals surface area contributed by atoms with Gasteiger partial charge < -0.3 is 18.4 Å². The molecule has 1 heterocycles. The first-order valence-corrected chi connectivity index (χ1v) is 9.96. The Hall–Kier alpha value is -0.645. The van der Waals surface area contributed by atoms with Gasteiger partial charge in [-0.05, 0) is 66.1 Å². The first-order valence-electron chi connectivity index (χ1n) is 8.42. The van der Waals surface area contributed by atoms with Crippen LogP contribution >= 0.6 is 7.60 Å². The quantitative estimate of drug-likeness (QED) is 0.580. The number of rotatable bonds is 6. The van der Waals surface area contributed by atoms with Crippen LogP contribution in [0.3, 0.4) is 0 Å². The fraction of sp³-hybridized carbons (Fsp3) is 0.647. The Balaban J connectivity index is 2.42. The summed E-state index contributed by atoms with van der Waals surface area (Å²) in [6.07, 6.45) is 0. The fourth-order valence-electron chi connectivity index (χ4n) is 2.55. The first-order chi connectivity index (χ1) is 11.1. The summed E-state index contributed by atoms with van der Waals surface area (Å²) >= 11 is 0. The van der Waals surface area contributed by atoms with Crippen LogP contribution < -0.4 is 10.8 Å². The van der Waals surface area contributed by atoms with Crippen LogP contribution in [0.2, 0.25) is 0 Å². The molecule has 0 aromatic heterocycles. The highest BCUT2D eigenvalue weighted by molar-refractivity contribution is 7.62. The second-order valence-electron chi connectivity index (χ2n) is 6.96. The molecule has 0 atom stereocenters. The van der Waals surface area contributed by atoms with Gasteiger partial charge in [-0.15, -0.1) is 0 Å². The molecule has 24 heavy (non-hydrogen) atoms. The summed E-state index contributed by atoms with van der Waals surface area (Å²) in [7, 11) is -3.84. The molecule has 1 aromatic carbocycles. The van der Waals surface area contributed by atoms with E-state index in [9.17, 15) is 4.57 Å². The molecule has 0 aliphatic carbocycles. The summed E-state index contributed by atoms with van der Waals surface area (Å²) in [6.45, 7) is 14.3. The smallest absolute Gasteiger partial charge is 0.399 e. The number of hydrogen-bond donors (Lipinski definition) is 0. The van der Waals surface area contributed by atoms with E-state index in [1.165, 1.54) is 0 Å². The molecule has 1 fully saturated rings. The summed E-state index contributed by atoms with van der Waals surface area (Å²) in [4.78, 5) is 0. The van der Waals surface area contributed by atoms with E-state index in [2.05, 4.69) is 0 Å². The zero-order valence-corrected chi connectivity index (χ0v) is 16.6. The molecular formula is C17H28BO5P. The van der Waals surface area contributed by atoms with Gasteiger partial charge >= 0.3 is 14.7 Å². The Labute approximate surface area is 145 Å². The summed E-state index contributed by atoms with van der Waals surface area (Å²) in [5.74, 6) is 0. The second kappa shape index (κ2) is 6.93. The van der Waals surface area contributed by atoms with Crippen molar-refractivity contribution in [3.63, 3.8) is 0 Å². The van der Waals surface area contributed by atoms with Gasteiger partial charge in [0.15, 0.2) is 0 Å². The maximum Gasteiger partial charge on any atom is 0.495 e. The van der Waals surface area contributed by atoms with Crippen LogP contribution in [0.15, 0.2) is 18.2 Å². The molecule has 1 saturated heterocycles. The van der Waals surface area contributed by atoms with Crippen molar-refractivity contribution in [2.75, 3.05) is 13.2 Å². The van der Waals surface area contributed by atoms with Crippen molar-refractivity contribution in [1.29, 1.82) is 0 Å². The molecule has 0 N–H and O–H groups in total. The Kier molecular flexibility index (Phi) is 5.68. The fourth-order valence-corrected chi connectivity index (χ4v) is 4.16. The molecule has 134 valence electrons. The van der Waals surface area contributed by atoms with Gasteiger partial charge in [0, 0.05) is 0 Å². The second-order valence-corrected chi connectivity index (χ2v) is 8.99. The SMILES string of the molecule is CCOP(=O)(OCC)c1ccc(C)c(B2OC(C)(C)C(C)(C)O2)c1. The van der Waals surface area contributed by atoms with Crippen molar-refractivity contribution in [2.24, 2.45) is 0 Å². The zero-order chi connectivity index (χ0) is 18.2. The van der Waals surface area contributed by atoms with Gasteiger partial charge in [-0.1, -0.05) is 11.6 Å². The Bertz CT molecular complexity index is 618. The molecule has 0 unspecified atom stereocenters. The monoisotopic (exact) mass is 354 g/mol. The molecule has 0 spiro atoms. The molecular weight excluding hydrogens is 326 g/mol. The van der Waals surface area contributed by atoms with Gasteiger partial charge in [0.2, 0.25) is 0 Å². The van der Waals surface area contributed by atoms with E-state index in [1.54, 1.807) is 19.9 Å². The Morgan fingerprint density at radius 3 is 2.00 bits per heavy atom. The molecule has 7 heteroatoms. The van der Waals surface area contributed by atoms with Crippen LogP contribution in [0.25, 0.3) is 0 Å². The highest BCUT2D eigenvalue weighted by Gasteiger charge is 2.52. The number of benzene rings is 1. The molecule has 1 aromatic rings. The van der Waals surface area contributed by atoms with E-state index in [4.69, 9.17) is 18.4 Å². The van der Waals surface area contributed by atoms with Crippen LogP contribution in [-0.4, -0.2) is 31.5 Å². The first kappa shape index (κ1) is 19.7.